The average Bonchev–Trinajstić information content (AvgIpc) is 3.55. The van der Waals surface area contributed by atoms with Crippen molar-refractivity contribution in [1.29, 1.82) is 0 Å². The van der Waals surface area contributed by atoms with E-state index < -0.39 is 57.2 Å². The Morgan fingerprint density at radius 3 is 2.44 bits per heavy atom. The molecule has 5 N–H and O–H groups in total. The number of hydrogen-bond donors (Lipinski definition) is 5. The summed E-state index contributed by atoms with van der Waals surface area (Å²) in [5.41, 5.74) is 1.23. The standard InChI is InChI=1S/C36H32O12/c1-44-28-8-5-19(15-29(28)47-11-9-18-3-7-27-20(13-18)10-12-46-27)22(16-30(41)45-2)31-25(39)17-26(40)32-33(42)34(43)35(48-36(31)32)21-4-6-23(37)24(38)14-21/h3-8,13-15,17,22,37-40,43H,9-12,16H2,1-2H3/t22-/m0/s1. The minimum atomic E-state index is -1.04. The molecule has 0 saturated heterocycles. The Hall–Kier alpha value is -6.04. The number of methoxy groups -OCH3 is 2. The SMILES string of the molecule is COC(=O)C[C@@H](c1ccc(OC)c(OCCc2ccc3c(c2)CCO3)c1)c1c(O)cc(O)c2c(=O)c(O)c(-c3ccc(O)c(O)c3)oc12. The molecular formula is C36H32O12. The van der Waals surface area contributed by atoms with Gasteiger partial charge in [-0.1, -0.05) is 18.2 Å². The van der Waals surface area contributed by atoms with Gasteiger partial charge in [0, 0.05) is 36.0 Å². The van der Waals surface area contributed by atoms with Gasteiger partial charge in [-0.25, -0.2) is 0 Å². The number of rotatable bonds is 10. The summed E-state index contributed by atoms with van der Waals surface area (Å²) in [7, 11) is 2.69. The van der Waals surface area contributed by atoms with Gasteiger partial charge in [-0.3, -0.25) is 9.59 Å². The third-order valence-corrected chi connectivity index (χ3v) is 8.32. The van der Waals surface area contributed by atoms with Gasteiger partial charge in [-0.05, 0) is 53.1 Å². The number of hydrogen-bond acceptors (Lipinski definition) is 12. The van der Waals surface area contributed by atoms with Gasteiger partial charge < -0.3 is 48.9 Å². The van der Waals surface area contributed by atoms with Crippen molar-refractivity contribution < 1.29 is 53.7 Å². The first-order valence-corrected chi connectivity index (χ1v) is 15.0. The van der Waals surface area contributed by atoms with Gasteiger partial charge in [0.1, 0.15) is 28.2 Å². The van der Waals surface area contributed by atoms with Crippen LogP contribution in [0.2, 0.25) is 0 Å². The summed E-state index contributed by atoms with van der Waals surface area (Å²) in [6.45, 7) is 0.940. The molecule has 0 bridgehead atoms. The van der Waals surface area contributed by atoms with E-state index in [0.717, 1.165) is 41.5 Å². The van der Waals surface area contributed by atoms with Gasteiger partial charge in [0.2, 0.25) is 11.2 Å². The van der Waals surface area contributed by atoms with Crippen LogP contribution in [0.1, 0.15) is 34.6 Å². The summed E-state index contributed by atoms with van der Waals surface area (Å²) in [6.07, 6.45) is 1.09. The van der Waals surface area contributed by atoms with E-state index in [9.17, 15) is 35.1 Å². The van der Waals surface area contributed by atoms with Crippen LogP contribution in [0.3, 0.4) is 0 Å². The molecule has 4 aromatic carbocycles. The average molecular weight is 657 g/mol. The van der Waals surface area contributed by atoms with Crippen molar-refractivity contribution in [2.24, 2.45) is 0 Å². The van der Waals surface area contributed by atoms with Crippen molar-refractivity contribution >= 4 is 16.9 Å². The molecule has 48 heavy (non-hydrogen) atoms. The molecule has 1 atom stereocenters. The van der Waals surface area contributed by atoms with Crippen LogP contribution in [-0.2, 0) is 22.4 Å². The molecule has 0 spiro atoms. The molecule has 2 heterocycles. The number of esters is 1. The second kappa shape index (κ2) is 13.0. The van der Waals surface area contributed by atoms with Gasteiger partial charge in [0.05, 0.1) is 33.9 Å². The smallest absolute Gasteiger partial charge is 0.306 e. The second-order valence-electron chi connectivity index (χ2n) is 11.2. The Bertz CT molecular complexity index is 2100. The Morgan fingerprint density at radius 1 is 0.875 bits per heavy atom. The van der Waals surface area contributed by atoms with E-state index in [1.165, 1.54) is 20.3 Å². The number of fused-ring (bicyclic) bond motifs is 2. The minimum absolute atomic E-state index is 0.0103. The molecule has 0 fully saturated rings. The lowest BCUT2D eigenvalue weighted by molar-refractivity contribution is -0.140. The molecule has 0 saturated carbocycles. The molecule has 1 aliphatic rings. The lowest BCUT2D eigenvalue weighted by Gasteiger charge is -2.22. The highest BCUT2D eigenvalue weighted by Crippen LogP contribution is 2.46. The molecular weight excluding hydrogens is 624 g/mol. The van der Waals surface area contributed by atoms with E-state index >= 15 is 0 Å². The lowest BCUT2D eigenvalue weighted by Crippen LogP contribution is -2.13. The van der Waals surface area contributed by atoms with E-state index in [4.69, 9.17) is 23.4 Å². The first-order chi connectivity index (χ1) is 23.1. The molecule has 12 heteroatoms. The number of benzene rings is 4. The van der Waals surface area contributed by atoms with E-state index in [-0.39, 0.29) is 29.7 Å². The summed E-state index contributed by atoms with van der Waals surface area (Å²) in [4.78, 5) is 26.2. The topological polar surface area (TPSA) is 185 Å². The molecule has 0 radical (unpaired) electrons. The van der Waals surface area contributed by atoms with Crippen molar-refractivity contribution in [2.75, 3.05) is 27.4 Å². The molecule has 0 aliphatic carbocycles. The summed E-state index contributed by atoms with van der Waals surface area (Å²) in [6, 6.07) is 15.3. The van der Waals surface area contributed by atoms with Crippen molar-refractivity contribution in [3.63, 3.8) is 0 Å². The zero-order valence-corrected chi connectivity index (χ0v) is 26.0. The van der Waals surface area contributed by atoms with Crippen molar-refractivity contribution in [1.82, 2.24) is 0 Å². The van der Waals surface area contributed by atoms with E-state index in [1.54, 1.807) is 18.2 Å². The lowest BCUT2D eigenvalue weighted by atomic mass is 9.86. The number of carbonyl (C=O) groups is 1. The summed E-state index contributed by atoms with van der Waals surface area (Å²) >= 11 is 0. The molecule has 0 unspecified atom stereocenters. The van der Waals surface area contributed by atoms with Gasteiger partial charge >= 0.3 is 5.97 Å². The van der Waals surface area contributed by atoms with Crippen LogP contribution in [0.15, 0.2) is 69.9 Å². The van der Waals surface area contributed by atoms with Crippen LogP contribution in [0.5, 0.6) is 46.0 Å². The Morgan fingerprint density at radius 2 is 1.69 bits per heavy atom. The number of phenols is 4. The van der Waals surface area contributed by atoms with Crippen LogP contribution >= 0.6 is 0 Å². The first kappa shape index (κ1) is 31.9. The van der Waals surface area contributed by atoms with E-state index in [2.05, 4.69) is 6.07 Å². The zero-order chi connectivity index (χ0) is 34.1. The zero-order valence-electron chi connectivity index (χ0n) is 26.0. The van der Waals surface area contributed by atoms with Gasteiger partial charge in [0.15, 0.2) is 28.8 Å². The van der Waals surface area contributed by atoms with Crippen LogP contribution in [0.25, 0.3) is 22.3 Å². The largest absolute Gasteiger partial charge is 0.507 e. The fourth-order valence-electron chi connectivity index (χ4n) is 5.87. The quantitative estimate of drug-likeness (QED) is 0.0973. The third-order valence-electron chi connectivity index (χ3n) is 8.32. The van der Waals surface area contributed by atoms with Crippen LogP contribution in [0, 0.1) is 0 Å². The maximum atomic E-state index is 13.4. The van der Waals surface area contributed by atoms with Crippen LogP contribution < -0.4 is 19.6 Å². The Kier molecular flexibility index (Phi) is 8.64. The molecule has 12 nitrogen and oxygen atoms in total. The second-order valence-corrected chi connectivity index (χ2v) is 11.2. The van der Waals surface area contributed by atoms with E-state index in [1.807, 2.05) is 12.1 Å². The molecule has 1 aliphatic heterocycles. The first-order valence-electron chi connectivity index (χ1n) is 15.0. The number of aromatic hydroxyl groups is 5. The fourth-order valence-corrected chi connectivity index (χ4v) is 5.87. The predicted octanol–water partition coefficient (Wildman–Crippen LogP) is 5.25. The van der Waals surface area contributed by atoms with Crippen molar-refractivity contribution in [3.8, 4) is 57.3 Å². The monoisotopic (exact) mass is 656 g/mol. The predicted molar refractivity (Wildman–Crippen MR) is 173 cm³/mol. The molecule has 5 aromatic rings. The summed E-state index contributed by atoms with van der Waals surface area (Å²) in [5, 5.41) is 52.1. The highest BCUT2D eigenvalue weighted by Gasteiger charge is 2.30. The molecule has 1 aromatic heterocycles. The molecule has 0 amide bonds. The normalized spacial score (nSPS) is 12.7. The van der Waals surface area contributed by atoms with Crippen molar-refractivity contribution in [3.05, 3.63) is 93.1 Å². The van der Waals surface area contributed by atoms with E-state index in [0.29, 0.717) is 30.1 Å². The third kappa shape index (κ3) is 5.95. The van der Waals surface area contributed by atoms with Gasteiger partial charge in [-0.2, -0.15) is 0 Å². The minimum Gasteiger partial charge on any atom is -0.507 e. The van der Waals surface area contributed by atoms with Crippen molar-refractivity contribution in [2.45, 2.75) is 25.2 Å². The summed E-state index contributed by atoms with van der Waals surface area (Å²) in [5.74, 6) is -3.55. The Labute approximate surface area is 273 Å². The molecule has 248 valence electrons. The summed E-state index contributed by atoms with van der Waals surface area (Å²) < 4.78 is 28.2. The van der Waals surface area contributed by atoms with Gasteiger partial charge in [0.25, 0.3) is 0 Å². The van der Waals surface area contributed by atoms with Crippen LogP contribution in [0.4, 0.5) is 0 Å². The number of phenolic OH excluding ortho intramolecular Hbond substituents is 4. The maximum absolute atomic E-state index is 13.4. The maximum Gasteiger partial charge on any atom is 0.306 e. The number of carbonyl (C=O) groups excluding carboxylic acids is 1. The highest BCUT2D eigenvalue weighted by atomic mass is 16.5. The van der Waals surface area contributed by atoms with Crippen LogP contribution in [-0.4, -0.2) is 58.9 Å². The Balaban J connectivity index is 1.45. The fraction of sp³-hybridized carbons (Fsp3) is 0.222. The number of ether oxygens (including phenoxy) is 4. The van der Waals surface area contributed by atoms with Gasteiger partial charge in [-0.15, -0.1) is 0 Å². The highest BCUT2D eigenvalue weighted by molar-refractivity contribution is 5.92. The molecule has 6 rings (SSSR count).